The number of hydrogen-bond acceptors (Lipinski definition) is 2. The minimum absolute atomic E-state index is 0.333. The first-order valence-corrected chi connectivity index (χ1v) is 6.07. The van der Waals surface area contributed by atoms with Crippen LogP contribution in [0.1, 0.15) is 44.2 Å². The van der Waals surface area contributed by atoms with Crippen molar-refractivity contribution in [3.8, 4) is 0 Å². The molecular weight excluding hydrogens is 210 g/mol. The lowest BCUT2D eigenvalue weighted by Crippen LogP contribution is -2.28. The SMILES string of the molecule is CCn1ncc(Cl)c1C1CCCC(N)C1. The van der Waals surface area contributed by atoms with E-state index in [1.165, 1.54) is 18.5 Å². The van der Waals surface area contributed by atoms with Gasteiger partial charge in [0.15, 0.2) is 0 Å². The molecule has 84 valence electrons. The van der Waals surface area contributed by atoms with Crippen molar-refractivity contribution in [1.29, 1.82) is 0 Å². The van der Waals surface area contributed by atoms with E-state index in [0.717, 1.165) is 24.4 Å². The molecule has 1 fully saturated rings. The van der Waals surface area contributed by atoms with Crippen molar-refractivity contribution in [3.05, 3.63) is 16.9 Å². The summed E-state index contributed by atoms with van der Waals surface area (Å²) in [4.78, 5) is 0. The molecule has 0 spiro atoms. The summed E-state index contributed by atoms with van der Waals surface area (Å²) >= 11 is 6.18. The van der Waals surface area contributed by atoms with Crippen LogP contribution in [0, 0.1) is 0 Å². The van der Waals surface area contributed by atoms with Crippen LogP contribution >= 0.6 is 11.6 Å². The molecule has 1 aliphatic carbocycles. The molecule has 4 heteroatoms. The first-order valence-electron chi connectivity index (χ1n) is 5.69. The summed E-state index contributed by atoms with van der Waals surface area (Å²) in [6, 6.07) is 0.333. The van der Waals surface area contributed by atoms with Crippen molar-refractivity contribution >= 4 is 11.6 Å². The van der Waals surface area contributed by atoms with E-state index in [9.17, 15) is 0 Å². The number of rotatable bonds is 2. The van der Waals surface area contributed by atoms with E-state index in [0.29, 0.717) is 12.0 Å². The third-order valence-corrected chi connectivity index (χ3v) is 3.53. The Hall–Kier alpha value is -0.540. The van der Waals surface area contributed by atoms with Crippen LogP contribution in [0.25, 0.3) is 0 Å². The highest BCUT2D eigenvalue weighted by atomic mass is 35.5. The second-order valence-electron chi connectivity index (χ2n) is 4.32. The van der Waals surface area contributed by atoms with Crippen LogP contribution in [0.4, 0.5) is 0 Å². The molecular formula is C11H18ClN3. The number of aryl methyl sites for hydroxylation is 1. The van der Waals surface area contributed by atoms with Crippen LogP contribution < -0.4 is 5.73 Å². The largest absolute Gasteiger partial charge is 0.328 e. The monoisotopic (exact) mass is 227 g/mol. The number of hydrogen-bond donors (Lipinski definition) is 1. The molecule has 1 saturated carbocycles. The molecule has 0 aromatic carbocycles. The molecule has 1 heterocycles. The van der Waals surface area contributed by atoms with E-state index in [-0.39, 0.29) is 0 Å². The highest BCUT2D eigenvalue weighted by Crippen LogP contribution is 2.35. The Balaban J connectivity index is 2.23. The number of halogens is 1. The fraction of sp³-hybridized carbons (Fsp3) is 0.727. The average Bonchev–Trinajstić information content (AvgIpc) is 2.59. The fourth-order valence-corrected chi connectivity index (χ4v) is 2.80. The van der Waals surface area contributed by atoms with Gasteiger partial charge in [0, 0.05) is 18.5 Å². The van der Waals surface area contributed by atoms with Crippen molar-refractivity contribution in [3.63, 3.8) is 0 Å². The van der Waals surface area contributed by atoms with Crippen LogP contribution in [0.2, 0.25) is 5.02 Å². The molecule has 2 atom stereocenters. The zero-order valence-corrected chi connectivity index (χ0v) is 9.87. The highest BCUT2D eigenvalue weighted by molar-refractivity contribution is 6.31. The maximum Gasteiger partial charge on any atom is 0.0820 e. The Morgan fingerprint density at radius 1 is 1.60 bits per heavy atom. The average molecular weight is 228 g/mol. The second-order valence-corrected chi connectivity index (χ2v) is 4.72. The van der Waals surface area contributed by atoms with Crippen LogP contribution in [-0.4, -0.2) is 15.8 Å². The lowest BCUT2D eigenvalue weighted by molar-refractivity contribution is 0.376. The van der Waals surface area contributed by atoms with E-state index in [1.54, 1.807) is 6.20 Å². The lowest BCUT2D eigenvalue weighted by Gasteiger charge is -2.27. The Morgan fingerprint density at radius 3 is 3.07 bits per heavy atom. The van der Waals surface area contributed by atoms with Gasteiger partial charge in [-0.25, -0.2) is 0 Å². The third kappa shape index (κ3) is 2.18. The topological polar surface area (TPSA) is 43.8 Å². The first-order chi connectivity index (χ1) is 7.22. The van der Waals surface area contributed by atoms with Crippen molar-refractivity contribution < 1.29 is 0 Å². The number of nitrogens with zero attached hydrogens (tertiary/aromatic N) is 2. The van der Waals surface area contributed by atoms with Gasteiger partial charge < -0.3 is 5.73 Å². The molecule has 0 bridgehead atoms. The normalized spacial score (nSPS) is 26.9. The van der Waals surface area contributed by atoms with Crippen LogP contribution in [0.3, 0.4) is 0 Å². The molecule has 0 saturated heterocycles. The van der Waals surface area contributed by atoms with Gasteiger partial charge in [0.25, 0.3) is 0 Å². The lowest BCUT2D eigenvalue weighted by atomic mass is 9.84. The number of nitrogens with two attached hydrogens (primary N) is 1. The summed E-state index contributed by atoms with van der Waals surface area (Å²) in [5, 5.41) is 5.08. The molecule has 2 rings (SSSR count). The second kappa shape index (κ2) is 4.54. The van der Waals surface area contributed by atoms with Crippen LogP contribution in [0.15, 0.2) is 6.20 Å². The van der Waals surface area contributed by atoms with Crippen molar-refractivity contribution in [2.75, 3.05) is 0 Å². The standard InChI is InChI=1S/C11H18ClN3/c1-2-15-11(10(12)7-14-15)8-4-3-5-9(13)6-8/h7-9H,2-6,13H2,1H3. The quantitative estimate of drug-likeness (QED) is 0.844. The molecule has 0 radical (unpaired) electrons. The van der Waals surface area contributed by atoms with Gasteiger partial charge >= 0.3 is 0 Å². The van der Waals surface area contributed by atoms with E-state index in [1.807, 2.05) is 4.68 Å². The van der Waals surface area contributed by atoms with E-state index in [2.05, 4.69) is 12.0 Å². The summed E-state index contributed by atoms with van der Waals surface area (Å²) in [6.45, 7) is 2.98. The Kier molecular flexibility index (Phi) is 3.32. The van der Waals surface area contributed by atoms with Crippen molar-refractivity contribution in [2.24, 2.45) is 5.73 Å². The first kappa shape index (κ1) is 11.0. The molecule has 15 heavy (non-hydrogen) atoms. The van der Waals surface area contributed by atoms with E-state index in [4.69, 9.17) is 17.3 Å². The predicted octanol–water partition coefficient (Wildman–Crippen LogP) is 2.54. The van der Waals surface area contributed by atoms with Gasteiger partial charge in [0.05, 0.1) is 16.9 Å². The predicted molar refractivity (Wildman–Crippen MR) is 62.1 cm³/mol. The van der Waals surface area contributed by atoms with Crippen molar-refractivity contribution in [1.82, 2.24) is 9.78 Å². The highest BCUT2D eigenvalue weighted by Gasteiger charge is 2.25. The van der Waals surface area contributed by atoms with Gasteiger partial charge in [-0.15, -0.1) is 0 Å². The maximum atomic E-state index is 6.18. The van der Waals surface area contributed by atoms with Gasteiger partial charge in [-0.05, 0) is 26.2 Å². The zero-order valence-electron chi connectivity index (χ0n) is 9.12. The molecule has 2 N–H and O–H groups in total. The van der Waals surface area contributed by atoms with Gasteiger partial charge in [-0.3, -0.25) is 4.68 Å². The summed E-state index contributed by atoms with van der Waals surface area (Å²) in [6.07, 6.45) is 6.34. The molecule has 1 aromatic rings. The van der Waals surface area contributed by atoms with E-state index < -0.39 is 0 Å². The zero-order chi connectivity index (χ0) is 10.8. The smallest absolute Gasteiger partial charge is 0.0820 e. The Morgan fingerprint density at radius 2 is 2.40 bits per heavy atom. The third-order valence-electron chi connectivity index (χ3n) is 3.23. The summed E-state index contributed by atoms with van der Waals surface area (Å²) in [5.41, 5.74) is 7.19. The molecule has 1 aromatic heterocycles. The Labute approximate surface area is 95.6 Å². The minimum atomic E-state index is 0.333. The minimum Gasteiger partial charge on any atom is -0.328 e. The molecule has 2 unspecified atom stereocenters. The molecule has 3 nitrogen and oxygen atoms in total. The van der Waals surface area contributed by atoms with Crippen molar-refractivity contribution in [2.45, 2.75) is 51.1 Å². The fourth-order valence-electron chi connectivity index (χ4n) is 2.51. The van der Waals surface area contributed by atoms with Gasteiger partial charge in [-0.2, -0.15) is 5.10 Å². The summed E-state index contributed by atoms with van der Waals surface area (Å²) in [5.74, 6) is 0.503. The summed E-state index contributed by atoms with van der Waals surface area (Å²) in [7, 11) is 0. The van der Waals surface area contributed by atoms with E-state index >= 15 is 0 Å². The molecule has 0 amide bonds. The Bertz CT molecular complexity index is 335. The van der Waals surface area contributed by atoms with Gasteiger partial charge in [0.1, 0.15) is 0 Å². The van der Waals surface area contributed by atoms with Gasteiger partial charge in [0.2, 0.25) is 0 Å². The number of aromatic nitrogens is 2. The molecule has 1 aliphatic rings. The maximum absolute atomic E-state index is 6.18. The van der Waals surface area contributed by atoms with Crippen LogP contribution in [0.5, 0.6) is 0 Å². The van der Waals surface area contributed by atoms with Gasteiger partial charge in [-0.1, -0.05) is 18.0 Å². The molecule has 0 aliphatic heterocycles. The summed E-state index contributed by atoms with van der Waals surface area (Å²) < 4.78 is 2.00. The van der Waals surface area contributed by atoms with Crippen LogP contribution in [-0.2, 0) is 6.54 Å².